The second-order valence-corrected chi connectivity index (χ2v) is 7.49. The van der Waals surface area contributed by atoms with Gasteiger partial charge in [0.2, 0.25) is 0 Å². The van der Waals surface area contributed by atoms with Crippen molar-refractivity contribution in [2.24, 2.45) is 0 Å². The third-order valence-electron chi connectivity index (χ3n) is 5.25. The number of ketones is 1. The molecule has 31 heavy (non-hydrogen) atoms. The average Bonchev–Trinajstić information content (AvgIpc) is 2.79. The molecule has 0 aliphatic rings. The summed E-state index contributed by atoms with van der Waals surface area (Å²) in [7, 11) is 0. The van der Waals surface area contributed by atoms with Crippen molar-refractivity contribution in [3.05, 3.63) is 108 Å². The Morgan fingerprint density at radius 1 is 0.903 bits per heavy atom. The summed E-state index contributed by atoms with van der Waals surface area (Å²) in [5.41, 5.74) is 0.937. The SMILES string of the molecule is CC(=O)c1cccc(NC(=O)C(O)(Cc2ccc3ccccc3n2)c2ccccc2)c1. The number of carbonyl (C=O) groups is 2. The molecule has 3 aromatic carbocycles. The number of aliphatic hydroxyl groups is 1. The summed E-state index contributed by atoms with van der Waals surface area (Å²) in [5, 5.41) is 15.3. The second kappa shape index (κ2) is 8.50. The van der Waals surface area contributed by atoms with E-state index in [9.17, 15) is 14.7 Å². The smallest absolute Gasteiger partial charge is 0.261 e. The molecule has 2 N–H and O–H groups in total. The van der Waals surface area contributed by atoms with E-state index in [-0.39, 0.29) is 12.2 Å². The number of hydrogen-bond donors (Lipinski definition) is 2. The van der Waals surface area contributed by atoms with E-state index < -0.39 is 11.5 Å². The maximum Gasteiger partial charge on any atom is 0.261 e. The Morgan fingerprint density at radius 2 is 1.65 bits per heavy atom. The van der Waals surface area contributed by atoms with Crippen LogP contribution >= 0.6 is 0 Å². The Morgan fingerprint density at radius 3 is 2.42 bits per heavy atom. The minimum atomic E-state index is -1.84. The molecule has 0 saturated carbocycles. The van der Waals surface area contributed by atoms with Crippen molar-refractivity contribution >= 4 is 28.3 Å². The molecule has 0 radical (unpaired) electrons. The molecular formula is C26H22N2O3. The van der Waals surface area contributed by atoms with Gasteiger partial charge in [0.25, 0.3) is 5.91 Å². The highest BCUT2D eigenvalue weighted by molar-refractivity contribution is 6.00. The Kier molecular flexibility index (Phi) is 5.60. The maximum absolute atomic E-state index is 13.3. The van der Waals surface area contributed by atoms with Crippen LogP contribution in [0.25, 0.3) is 10.9 Å². The molecule has 0 saturated heterocycles. The predicted molar refractivity (Wildman–Crippen MR) is 121 cm³/mol. The van der Waals surface area contributed by atoms with Crippen LogP contribution in [0.2, 0.25) is 0 Å². The third-order valence-corrected chi connectivity index (χ3v) is 5.25. The van der Waals surface area contributed by atoms with Gasteiger partial charge in [0.1, 0.15) is 0 Å². The first-order valence-electron chi connectivity index (χ1n) is 10.0. The lowest BCUT2D eigenvalue weighted by molar-refractivity contribution is -0.135. The molecule has 0 aliphatic carbocycles. The number of fused-ring (bicyclic) bond motifs is 1. The van der Waals surface area contributed by atoms with Crippen molar-refractivity contribution in [1.82, 2.24) is 4.98 Å². The number of rotatable bonds is 6. The van der Waals surface area contributed by atoms with Crippen LogP contribution in [0.1, 0.15) is 28.5 Å². The summed E-state index contributed by atoms with van der Waals surface area (Å²) in [6.45, 7) is 1.46. The fraction of sp³-hybridized carbons (Fsp3) is 0.115. The van der Waals surface area contributed by atoms with Gasteiger partial charge in [-0.3, -0.25) is 14.6 Å². The van der Waals surface area contributed by atoms with E-state index in [0.29, 0.717) is 22.5 Å². The summed E-state index contributed by atoms with van der Waals surface area (Å²) < 4.78 is 0. The molecule has 4 rings (SSSR count). The number of anilines is 1. The van der Waals surface area contributed by atoms with Crippen molar-refractivity contribution in [3.8, 4) is 0 Å². The second-order valence-electron chi connectivity index (χ2n) is 7.49. The van der Waals surface area contributed by atoms with Crippen molar-refractivity contribution in [2.75, 3.05) is 5.32 Å². The van der Waals surface area contributed by atoms with Crippen LogP contribution in [0.4, 0.5) is 5.69 Å². The molecule has 1 atom stereocenters. The van der Waals surface area contributed by atoms with Crippen molar-refractivity contribution < 1.29 is 14.7 Å². The first-order valence-corrected chi connectivity index (χ1v) is 10.0. The maximum atomic E-state index is 13.3. The highest BCUT2D eigenvalue weighted by Gasteiger charge is 2.38. The number of pyridine rings is 1. The van der Waals surface area contributed by atoms with E-state index in [1.54, 1.807) is 48.5 Å². The van der Waals surface area contributed by atoms with E-state index in [4.69, 9.17) is 0 Å². The van der Waals surface area contributed by atoms with Gasteiger partial charge in [-0.2, -0.15) is 0 Å². The molecule has 1 heterocycles. The molecule has 0 bridgehead atoms. The van der Waals surface area contributed by atoms with Crippen LogP contribution in [-0.2, 0) is 16.8 Å². The van der Waals surface area contributed by atoms with Crippen LogP contribution in [-0.4, -0.2) is 21.8 Å². The van der Waals surface area contributed by atoms with Gasteiger partial charge in [-0.25, -0.2) is 0 Å². The zero-order valence-corrected chi connectivity index (χ0v) is 17.1. The average molecular weight is 410 g/mol. The van der Waals surface area contributed by atoms with E-state index >= 15 is 0 Å². The van der Waals surface area contributed by atoms with Crippen LogP contribution in [0.3, 0.4) is 0 Å². The molecule has 154 valence electrons. The first-order chi connectivity index (χ1) is 15.0. The topological polar surface area (TPSA) is 79.3 Å². The zero-order valence-electron chi connectivity index (χ0n) is 17.1. The Bertz CT molecular complexity index is 1250. The third kappa shape index (κ3) is 4.37. The number of nitrogens with zero attached hydrogens (tertiary/aromatic N) is 1. The lowest BCUT2D eigenvalue weighted by Crippen LogP contribution is -2.42. The van der Waals surface area contributed by atoms with E-state index in [1.165, 1.54) is 6.92 Å². The predicted octanol–water partition coefficient (Wildman–Crippen LogP) is 4.51. The molecule has 0 fully saturated rings. The molecule has 1 unspecified atom stereocenters. The Hall–Kier alpha value is -3.83. The zero-order chi connectivity index (χ0) is 21.8. The molecule has 5 heteroatoms. The van der Waals surface area contributed by atoms with Gasteiger partial charge in [-0.05, 0) is 36.8 Å². The number of carbonyl (C=O) groups excluding carboxylic acids is 2. The van der Waals surface area contributed by atoms with Crippen LogP contribution in [0.5, 0.6) is 0 Å². The number of nitrogens with one attached hydrogen (secondary N) is 1. The van der Waals surface area contributed by atoms with Crippen LogP contribution in [0.15, 0.2) is 91.0 Å². The van der Waals surface area contributed by atoms with Crippen LogP contribution in [0, 0.1) is 0 Å². The molecule has 0 spiro atoms. The number of benzene rings is 3. The number of hydrogen-bond acceptors (Lipinski definition) is 4. The lowest BCUT2D eigenvalue weighted by atomic mass is 9.87. The molecule has 1 amide bonds. The van der Waals surface area contributed by atoms with Gasteiger partial charge in [-0.15, -0.1) is 0 Å². The van der Waals surface area contributed by atoms with Crippen molar-refractivity contribution in [2.45, 2.75) is 18.9 Å². The summed E-state index contributed by atoms with van der Waals surface area (Å²) in [5.74, 6) is -0.691. The van der Waals surface area contributed by atoms with Crippen LogP contribution < -0.4 is 5.32 Å². The minimum absolute atomic E-state index is 0.0000794. The lowest BCUT2D eigenvalue weighted by Gasteiger charge is -2.27. The fourth-order valence-electron chi connectivity index (χ4n) is 3.55. The highest BCUT2D eigenvalue weighted by atomic mass is 16.3. The van der Waals surface area contributed by atoms with Crippen molar-refractivity contribution in [3.63, 3.8) is 0 Å². The quantitative estimate of drug-likeness (QED) is 0.459. The molecule has 1 aromatic heterocycles. The summed E-state index contributed by atoms with van der Waals surface area (Å²) in [6, 6.07) is 26.9. The Balaban J connectivity index is 1.70. The number of amides is 1. The first kappa shape index (κ1) is 20.4. The molecule has 5 nitrogen and oxygen atoms in total. The minimum Gasteiger partial charge on any atom is -0.375 e. The highest BCUT2D eigenvalue weighted by Crippen LogP contribution is 2.28. The Labute approximate surface area is 180 Å². The summed E-state index contributed by atoms with van der Waals surface area (Å²) >= 11 is 0. The standard InChI is InChI=1S/C26H22N2O3/c1-18(29)20-9-7-12-22(16-20)28-25(30)26(31,21-10-3-2-4-11-21)17-23-15-14-19-8-5-6-13-24(19)27-23/h2-16,31H,17H2,1H3,(H,28,30). The normalized spacial score (nSPS) is 12.8. The molecule has 0 aliphatic heterocycles. The van der Waals surface area contributed by atoms with Gasteiger partial charge in [0.05, 0.1) is 5.52 Å². The largest absolute Gasteiger partial charge is 0.375 e. The van der Waals surface area contributed by atoms with E-state index in [1.807, 2.05) is 42.5 Å². The van der Waals surface area contributed by atoms with Gasteiger partial charge < -0.3 is 10.4 Å². The summed E-state index contributed by atoms with van der Waals surface area (Å²) in [6.07, 6.45) is 0.0000794. The monoisotopic (exact) mass is 410 g/mol. The van der Waals surface area contributed by atoms with Crippen molar-refractivity contribution in [1.29, 1.82) is 0 Å². The summed E-state index contributed by atoms with van der Waals surface area (Å²) in [4.78, 5) is 29.6. The number of aromatic nitrogens is 1. The van der Waals surface area contributed by atoms with Gasteiger partial charge in [-0.1, -0.05) is 66.7 Å². The number of Topliss-reactive ketones (excluding diaryl/α,β-unsaturated/α-hetero) is 1. The molecule has 4 aromatic rings. The fourth-order valence-corrected chi connectivity index (χ4v) is 3.55. The van der Waals surface area contributed by atoms with Gasteiger partial charge >= 0.3 is 0 Å². The van der Waals surface area contributed by atoms with Gasteiger partial charge in [0, 0.05) is 28.8 Å². The molecular weight excluding hydrogens is 388 g/mol. The van der Waals surface area contributed by atoms with Gasteiger partial charge in [0.15, 0.2) is 11.4 Å². The van der Waals surface area contributed by atoms with E-state index in [2.05, 4.69) is 10.3 Å². The number of para-hydroxylation sites is 1. The van der Waals surface area contributed by atoms with E-state index in [0.717, 1.165) is 10.9 Å².